The van der Waals surface area contributed by atoms with Gasteiger partial charge in [0.15, 0.2) is 5.56 Å². The van der Waals surface area contributed by atoms with E-state index in [1.807, 2.05) is 20.8 Å². The smallest absolute Gasteiger partial charge is 0.321 e. The number of carbonyl (C=O) groups is 1. The van der Waals surface area contributed by atoms with E-state index in [0.717, 1.165) is 0 Å². The highest BCUT2D eigenvalue weighted by molar-refractivity contribution is 8.00. The Morgan fingerprint density at radius 1 is 1.62 bits per heavy atom. The molecule has 0 saturated carbocycles. The lowest BCUT2D eigenvalue weighted by molar-refractivity contribution is -0.139. The van der Waals surface area contributed by atoms with E-state index in [2.05, 4.69) is 5.32 Å². The Morgan fingerprint density at radius 2 is 2.23 bits per heavy atom. The van der Waals surface area contributed by atoms with Crippen molar-refractivity contribution < 1.29 is 14.6 Å². The van der Waals surface area contributed by atoms with E-state index in [-0.39, 0.29) is 11.2 Å². The molecule has 0 aromatic rings. The zero-order valence-electron chi connectivity index (χ0n) is 8.03. The fourth-order valence-corrected chi connectivity index (χ4v) is 2.20. The molecule has 4 nitrogen and oxygen atoms in total. The van der Waals surface area contributed by atoms with Crippen molar-refractivity contribution in [2.24, 2.45) is 0 Å². The highest BCUT2D eigenvalue weighted by Gasteiger charge is 2.32. The maximum Gasteiger partial charge on any atom is 0.321 e. The number of ether oxygens (including phenoxy) is 1. The first kappa shape index (κ1) is 10.8. The van der Waals surface area contributed by atoms with Gasteiger partial charge in [-0.1, -0.05) is 0 Å². The Hall–Kier alpha value is -0.260. The number of rotatable bonds is 2. The molecule has 0 aromatic carbocycles. The Balaban J connectivity index is 2.38. The third kappa shape index (κ3) is 3.54. The molecular weight excluding hydrogens is 190 g/mol. The Kier molecular flexibility index (Phi) is 3.21. The van der Waals surface area contributed by atoms with E-state index >= 15 is 0 Å². The van der Waals surface area contributed by atoms with Crippen LogP contribution < -0.4 is 5.32 Å². The summed E-state index contributed by atoms with van der Waals surface area (Å²) in [5.74, 6) is -0.247. The van der Waals surface area contributed by atoms with Crippen LogP contribution in [-0.4, -0.2) is 34.0 Å². The number of aliphatic carboxylic acids is 1. The molecule has 0 amide bonds. The molecule has 1 fully saturated rings. The Bertz CT molecular complexity index is 202. The second-order valence-electron chi connectivity index (χ2n) is 3.95. The van der Waals surface area contributed by atoms with Crippen molar-refractivity contribution in [2.45, 2.75) is 38.0 Å². The van der Waals surface area contributed by atoms with Gasteiger partial charge >= 0.3 is 5.97 Å². The van der Waals surface area contributed by atoms with E-state index in [0.29, 0.717) is 5.75 Å². The number of carboxylic acids is 1. The summed E-state index contributed by atoms with van der Waals surface area (Å²) in [6.07, 6.45) is 0. The summed E-state index contributed by atoms with van der Waals surface area (Å²) in [6.45, 7) is 5.84. The lowest BCUT2D eigenvalue weighted by atomic mass is 10.2. The highest BCUT2D eigenvalue weighted by atomic mass is 32.2. The summed E-state index contributed by atoms with van der Waals surface area (Å²) in [5.41, 5.74) is -0.431. The second-order valence-corrected chi connectivity index (χ2v) is 5.05. The molecule has 0 aromatic heterocycles. The van der Waals surface area contributed by atoms with Gasteiger partial charge in [0.1, 0.15) is 6.04 Å². The van der Waals surface area contributed by atoms with E-state index < -0.39 is 12.0 Å². The topological polar surface area (TPSA) is 58.6 Å². The first-order chi connectivity index (χ1) is 5.88. The van der Waals surface area contributed by atoms with Crippen LogP contribution >= 0.6 is 11.8 Å². The Labute approximate surface area is 82.0 Å². The fraction of sp³-hybridized carbons (Fsp3) is 0.875. The van der Waals surface area contributed by atoms with E-state index in [1.165, 1.54) is 11.8 Å². The van der Waals surface area contributed by atoms with Gasteiger partial charge in [-0.25, -0.2) is 0 Å². The molecule has 1 aliphatic rings. The molecule has 5 heteroatoms. The molecule has 2 unspecified atom stereocenters. The summed E-state index contributed by atoms with van der Waals surface area (Å²) < 4.78 is 5.57. The highest BCUT2D eigenvalue weighted by Crippen LogP contribution is 2.24. The van der Waals surface area contributed by atoms with Crippen molar-refractivity contribution >= 4 is 17.7 Å². The second kappa shape index (κ2) is 3.86. The van der Waals surface area contributed by atoms with Gasteiger partial charge in [0.25, 0.3) is 0 Å². The SMILES string of the molecule is CC(C)(C)OC1NC(C(=O)O)CS1. The van der Waals surface area contributed by atoms with Gasteiger partial charge in [0.05, 0.1) is 5.60 Å². The minimum Gasteiger partial charge on any atom is -0.480 e. The lowest BCUT2D eigenvalue weighted by Crippen LogP contribution is -2.40. The van der Waals surface area contributed by atoms with Crippen molar-refractivity contribution in [2.75, 3.05) is 5.75 Å². The fourth-order valence-electron chi connectivity index (χ4n) is 0.976. The molecule has 2 atom stereocenters. The van der Waals surface area contributed by atoms with E-state index in [1.54, 1.807) is 0 Å². The zero-order valence-corrected chi connectivity index (χ0v) is 8.85. The van der Waals surface area contributed by atoms with Gasteiger partial charge < -0.3 is 9.84 Å². The maximum absolute atomic E-state index is 10.6. The predicted octanol–water partition coefficient (Wildman–Crippen LogP) is 0.875. The summed E-state index contributed by atoms with van der Waals surface area (Å²) in [4.78, 5) is 10.6. The molecule has 2 N–H and O–H groups in total. The summed E-state index contributed by atoms with van der Waals surface area (Å²) in [6, 6.07) is -0.475. The van der Waals surface area contributed by atoms with Crippen LogP contribution in [0.25, 0.3) is 0 Å². The molecule has 1 rings (SSSR count). The van der Waals surface area contributed by atoms with Crippen molar-refractivity contribution in [3.8, 4) is 0 Å². The monoisotopic (exact) mass is 205 g/mol. The van der Waals surface area contributed by atoms with Crippen molar-refractivity contribution in [3.05, 3.63) is 0 Å². The average Bonchev–Trinajstić information content (AvgIpc) is 2.31. The summed E-state index contributed by atoms with van der Waals surface area (Å²) >= 11 is 1.49. The van der Waals surface area contributed by atoms with Crippen LogP contribution in [0.4, 0.5) is 0 Å². The molecule has 13 heavy (non-hydrogen) atoms. The van der Waals surface area contributed by atoms with Crippen LogP contribution in [0.1, 0.15) is 20.8 Å². The van der Waals surface area contributed by atoms with Gasteiger partial charge in [-0.15, -0.1) is 11.8 Å². The van der Waals surface area contributed by atoms with Crippen LogP contribution in [0.3, 0.4) is 0 Å². The minimum absolute atomic E-state index is 0.193. The first-order valence-corrected chi connectivity index (χ1v) is 5.21. The molecule has 0 spiro atoms. The van der Waals surface area contributed by atoms with Crippen LogP contribution in [0.5, 0.6) is 0 Å². The number of nitrogens with one attached hydrogen (secondary N) is 1. The largest absolute Gasteiger partial charge is 0.480 e. The molecule has 76 valence electrons. The molecule has 0 radical (unpaired) electrons. The molecule has 1 heterocycles. The first-order valence-electron chi connectivity index (χ1n) is 4.17. The van der Waals surface area contributed by atoms with Crippen molar-refractivity contribution in [1.82, 2.24) is 5.32 Å². The van der Waals surface area contributed by atoms with Gasteiger partial charge in [-0.2, -0.15) is 0 Å². The summed E-state index contributed by atoms with van der Waals surface area (Å²) in [7, 11) is 0. The van der Waals surface area contributed by atoms with E-state index in [4.69, 9.17) is 9.84 Å². The summed E-state index contributed by atoms with van der Waals surface area (Å²) in [5, 5.41) is 11.6. The number of thioether (sulfide) groups is 1. The predicted molar refractivity (Wildman–Crippen MR) is 51.6 cm³/mol. The molecule has 1 aliphatic heterocycles. The van der Waals surface area contributed by atoms with E-state index in [9.17, 15) is 4.79 Å². The third-order valence-electron chi connectivity index (χ3n) is 1.51. The third-order valence-corrected chi connectivity index (χ3v) is 2.57. The van der Waals surface area contributed by atoms with Gasteiger partial charge in [0, 0.05) is 5.75 Å². The molecular formula is C8H15NO3S. The minimum atomic E-state index is -0.812. The van der Waals surface area contributed by atoms with Crippen molar-refractivity contribution in [1.29, 1.82) is 0 Å². The average molecular weight is 205 g/mol. The number of hydrogen-bond donors (Lipinski definition) is 2. The molecule has 0 aliphatic carbocycles. The van der Waals surface area contributed by atoms with Gasteiger partial charge in [-0.3, -0.25) is 10.1 Å². The molecule has 1 saturated heterocycles. The number of hydrogen-bond acceptors (Lipinski definition) is 4. The standard InChI is InChI=1S/C8H15NO3S/c1-8(2,3)12-7-9-5(4-13-7)6(10)11/h5,7,9H,4H2,1-3H3,(H,10,11). The molecule has 0 bridgehead atoms. The van der Waals surface area contributed by atoms with Crippen LogP contribution in [0.15, 0.2) is 0 Å². The zero-order chi connectivity index (χ0) is 10.1. The van der Waals surface area contributed by atoms with Gasteiger partial charge in [0.2, 0.25) is 0 Å². The van der Waals surface area contributed by atoms with Crippen LogP contribution in [0.2, 0.25) is 0 Å². The maximum atomic E-state index is 10.6. The quantitative estimate of drug-likeness (QED) is 0.700. The van der Waals surface area contributed by atoms with Crippen LogP contribution in [-0.2, 0) is 9.53 Å². The lowest BCUT2D eigenvalue weighted by Gasteiger charge is -2.24. The van der Waals surface area contributed by atoms with Crippen molar-refractivity contribution in [3.63, 3.8) is 0 Å². The normalized spacial score (nSPS) is 29.2. The van der Waals surface area contributed by atoms with Crippen LogP contribution in [0, 0.1) is 0 Å². The van der Waals surface area contributed by atoms with Gasteiger partial charge in [-0.05, 0) is 20.8 Å². The number of carboxylic acid groups (broad SMARTS) is 1. The Morgan fingerprint density at radius 3 is 2.62 bits per heavy atom.